The predicted molar refractivity (Wildman–Crippen MR) is 126 cm³/mol. The van der Waals surface area contributed by atoms with Crippen molar-refractivity contribution >= 4 is 11.9 Å². The van der Waals surface area contributed by atoms with E-state index in [4.69, 9.17) is 20.3 Å². The van der Waals surface area contributed by atoms with Crippen LogP contribution >= 0.6 is 0 Å². The lowest BCUT2D eigenvalue weighted by atomic mass is 10.0. The zero-order valence-electron chi connectivity index (χ0n) is 19.9. The molecule has 1 amide bonds. The molecule has 8 heteroatoms. The van der Waals surface area contributed by atoms with E-state index in [2.05, 4.69) is 4.98 Å². The Bertz CT molecular complexity index is 843. The molecule has 1 fully saturated rings. The van der Waals surface area contributed by atoms with Gasteiger partial charge in [0.2, 0.25) is 0 Å². The molecule has 0 spiro atoms. The lowest BCUT2D eigenvalue weighted by Crippen LogP contribution is -2.16. The molecule has 4 N–H and O–H groups in total. The molecule has 1 aliphatic rings. The number of hydrogen-bond acceptors (Lipinski definition) is 7. The van der Waals surface area contributed by atoms with Crippen molar-refractivity contribution in [2.45, 2.75) is 65.4 Å². The van der Waals surface area contributed by atoms with Crippen molar-refractivity contribution in [2.75, 3.05) is 7.11 Å². The van der Waals surface area contributed by atoms with E-state index in [1.54, 1.807) is 12.1 Å². The van der Waals surface area contributed by atoms with Crippen LogP contribution in [0.25, 0.3) is 0 Å². The van der Waals surface area contributed by atoms with Crippen LogP contribution in [0.15, 0.2) is 36.5 Å². The SMILES string of the molecule is CCC(=O)OC(C)CC1CCCC1.COc1ccnc(C(N)=O)c1O.Cc1ccc(O)cc1. The van der Waals surface area contributed by atoms with Crippen LogP contribution in [0.2, 0.25) is 0 Å². The lowest BCUT2D eigenvalue weighted by Gasteiger charge is -2.16. The maximum atomic E-state index is 11.0. The van der Waals surface area contributed by atoms with Gasteiger partial charge in [-0.2, -0.15) is 0 Å². The van der Waals surface area contributed by atoms with E-state index < -0.39 is 5.91 Å². The maximum Gasteiger partial charge on any atom is 0.305 e. The minimum Gasteiger partial charge on any atom is -0.508 e. The Kier molecular flexibility index (Phi) is 12.4. The number of primary amides is 1. The molecule has 1 aliphatic carbocycles. The Labute approximate surface area is 195 Å². The van der Waals surface area contributed by atoms with Gasteiger partial charge < -0.3 is 25.4 Å². The number of rotatable bonds is 6. The highest BCUT2D eigenvalue weighted by Gasteiger charge is 2.19. The number of amides is 1. The largest absolute Gasteiger partial charge is 0.508 e. The highest BCUT2D eigenvalue weighted by atomic mass is 16.5. The van der Waals surface area contributed by atoms with Gasteiger partial charge in [0.25, 0.3) is 5.91 Å². The summed E-state index contributed by atoms with van der Waals surface area (Å²) in [4.78, 5) is 25.2. The fourth-order valence-corrected chi connectivity index (χ4v) is 3.40. The Balaban J connectivity index is 0.000000254. The van der Waals surface area contributed by atoms with Crippen molar-refractivity contribution in [3.8, 4) is 17.2 Å². The fraction of sp³-hybridized carbons (Fsp3) is 0.480. The minimum absolute atomic E-state index is 0.0644. The van der Waals surface area contributed by atoms with Crippen molar-refractivity contribution in [3.05, 3.63) is 47.8 Å². The van der Waals surface area contributed by atoms with Gasteiger partial charge in [-0.25, -0.2) is 4.98 Å². The first-order chi connectivity index (χ1) is 15.7. The third-order valence-corrected chi connectivity index (χ3v) is 5.14. The summed E-state index contributed by atoms with van der Waals surface area (Å²) in [7, 11) is 1.37. The highest BCUT2D eigenvalue weighted by molar-refractivity contribution is 5.94. The van der Waals surface area contributed by atoms with E-state index in [0.29, 0.717) is 12.2 Å². The molecule has 1 atom stereocenters. The van der Waals surface area contributed by atoms with Gasteiger partial charge in [-0.15, -0.1) is 0 Å². The van der Waals surface area contributed by atoms with Crippen molar-refractivity contribution in [1.82, 2.24) is 4.98 Å². The monoisotopic (exact) mass is 460 g/mol. The second-order valence-electron chi connectivity index (χ2n) is 7.95. The Morgan fingerprint density at radius 3 is 2.24 bits per heavy atom. The number of carbonyl (C=O) groups is 2. The van der Waals surface area contributed by atoms with Crippen LogP contribution in [0.3, 0.4) is 0 Å². The molecule has 3 rings (SSSR count). The van der Waals surface area contributed by atoms with Gasteiger partial charge in [0.1, 0.15) is 5.75 Å². The number of phenolic OH excluding ortho intramolecular Hbond substituents is 1. The molecular formula is C25H36N2O6. The standard InChI is InChI=1S/C11H20O2.C7H8N2O3.C7H8O/c1-3-11(12)13-9(2)8-10-6-4-5-7-10;1-12-4-2-3-9-5(6(4)10)7(8)11;1-6-2-4-7(8)5-3-6/h9-10H,3-8H2,1-2H3;2-3,10H,1H3,(H2,8,11);2-5,8H,1H3. The first-order valence-electron chi connectivity index (χ1n) is 11.1. The van der Waals surface area contributed by atoms with Gasteiger partial charge >= 0.3 is 5.97 Å². The second kappa shape index (κ2) is 14.7. The molecule has 1 unspecified atom stereocenters. The van der Waals surface area contributed by atoms with Crippen LogP contribution < -0.4 is 10.5 Å². The first kappa shape index (κ1) is 27.7. The summed E-state index contributed by atoms with van der Waals surface area (Å²) in [6.07, 6.45) is 8.38. The van der Waals surface area contributed by atoms with Gasteiger partial charge in [-0.1, -0.05) is 50.3 Å². The Hall–Kier alpha value is -3.29. The van der Waals surface area contributed by atoms with Gasteiger partial charge in [0, 0.05) is 18.7 Å². The molecule has 0 saturated heterocycles. The van der Waals surface area contributed by atoms with Crippen LogP contribution in [0.5, 0.6) is 17.2 Å². The topological polar surface area (TPSA) is 132 Å². The summed E-state index contributed by atoms with van der Waals surface area (Å²) in [5, 5.41) is 18.0. The molecular weight excluding hydrogens is 424 g/mol. The van der Waals surface area contributed by atoms with Crippen LogP contribution in [-0.2, 0) is 9.53 Å². The summed E-state index contributed by atoms with van der Waals surface area (Å²) in [6.45, 7) is 5.83. The van der Waals surface area contributed by atoms with Crippen LogP contribution in [0.4, 0.5) is 0 Å². The molecule has 8 nitrogen and oxygen atoms in total. The lowest BCUT2D eigenvalue weighted by molar-refractivity contribution is -0.148. The smallest absolute Gasteiger partial charge is 0.305 e. The average molecular weight is 461 g/mol. The number of methoxy groups -OCH3 is 1. The minimum atomic E-state index is -0.786. The molecule has 1 saturated carbocycles. The molecule has 0 aliphatic heterocycles. The molecule has 0 radical (unpaired) electrons. The molecule has 0 bridgehead atoms. The molecule has 2 aromatic rings. The summed E-state index contributed by atoms with van der Waals surface area (Å²) in [6, 6.07) is 8.52. The van der Waals surface area contributed by atoms with E-state index in [0.717, 1.165) is 12.3 Å². The molecule has 1 aromatic carbocycles. The summed E-state index contributed by atoms with van der Waals surface area (Å²) in [5.41, 5.74) is 5.90. The van der Waals surface area contributed by atoms with E-state index in [1.807, 2.05) is 32.9 Å². The van der Waals surface area contributed by atoms with E-state index in [-0.39, 0.29) is 29.3 Å². The van der Waals surface area contributed by atoms with Crippen molar-refractivity contribution < 1.29 is 29.3 Å². The number of aryl methyl sites for hydroxylation is 1. The zero-order chi connectivity index (χ0) is 24.8. The van der Waals surface area contributed by atoms with Gasteiger partial charge in [0.05, 0.1) is 13.2 Å². The van der Waals surface area contributed by atoms with Crippen molar-refractivity contribution in [3.63, 3.8) is 0 Å². The van der Waals surface area contributed by atoms with Gasteiger partial charge in [0.15, 0.2) is 17.2 Å². The number of esters is 1. The van der Waals surface area contributed by atoms with Crippen LogP contribution in [-0.4, -0.2) is 40.3 Å². The Morgan fingerprint density at radius 1 is 1.15 bits per heavy atom. The molecule has 1 heterocycles. The normalized spacial score (nSPS) is 13.6. The van der Waals surface area contributed by atoms with E-state index in [9.17, 15) is 14.7 Å². The molecule has 1 aromatic heterocycles. The number of aromatic hydroxyl groups is 2. The third-order valence-electron chi connectivity index (χ3n) is 5.14. The molecule has 33 heavy (non-hydrogen) atoms. The highest BCUT2D eigenvalue weighted by Crippen LogP contribution is 2.29. The number of pyridine rings is 1. The molecule has 182 valence electrons. The number of nitrogens with two attached hydrogens (primary N) is 1. The zero-order valence-corrected chi connectivity index (χ0v) is 19.9. The van der Waals surface area contributed by atoms with E-state index >= 15 is 0 Å². The fourth-order valence-electron chi connectivity index (χ4n) is 3.40. The van der Waals surface area contributed by atoms with Gasteiger partial charge in [-0.3, -0.25) is 9.59 Å². The van der Waals surface area contributed by atoms with Crippen molar-refractivity contribution in [2.24, 2.45) is 11.7 Å². The Morgan fingerprint density at radius 2 is 1.76 bits per heavy atom. The van der Waals surface area contributed by atoms with Gasteiger partial charge in [-0.05, 0) is 38.3 Å². The number of benzene rings is 1. The number of nitrogens with zero attached hydrogens (tertiary/aromatic N) is 1. The summed E-state index contributed by atoms with van der Waals surface area (Å²) >= 11 is 0. The quantitative estimate of drug-likeness (QED) is 0.541. The number of ether oxygens (including phenoxy) is 2. The second-order valence-corrected chi connectivity index (χ2v) is 7.95. The average Bonchev–Trinajstić information content (AvgIpc) is 3.29. The first-order valence-corrected chi connectivity index (χ1v) is 11.1. The maximum absolute atomic E-state index is 11.0. The van der Waals surface area contributed by atoms with Crippen molar-refractivity contribution in [1.29, 1.82) is 0 Å². The predicted octanol–water partition coefficient (Wildman–Crippen LogP) is 4.50. The summed E-state index contributed by atoms with van der Waals surface area (Å²) < 4.78 is 9.96. The third kappa shape index (κ3) is 10.7. The number of carbonyl (C=O) groups excluding carboxylic acids is 2. The summed E-state index contributed by atoms with van der Waals surface area (Å²) in [5.74, 6) is 0.137. The number of phenols is 1. The number of hydrogen-bond donors (Lipinski definition) is 3. The van der Waals surface area contributed by atoms with Crippen LogP contribution in [0.1, 0.15) is 68.4 Å². The number of aromatic nitrogens is 1. The van der Waals surface area contributed by atoms with Crippen LogP contribution in [0, 0.1) is 12.8 Å². The van der Waals surface area contributed by atoms with E-state index in [1.165, 1.54) is 50.6 Å².